The summed E-state index contributed by atoms with van der Waals surface area (Å²) in [5, 5.41) is 14.8. The van der Waals surface area contributed by atoms with E-state index in [2.05, 4.69) is 30.7 Å². The van der Waals surface area contributed by atoms with Crippen molar-refractivity contribution in [2.45, 2.75) is 66.4 Å². The van der Waals surface area contributed by atoms with Gasteiger partial charge in [-0.05, 0) is 64.3 Å². The minimum atomic E-state index is -0.450. The third kappa shape index (κ3) is 10.8. The zero-order valence-corrected chi connectivity index (χ0v) is 21.2. The van der Waals surface area contributed by atoms with Gasteiger partial charge in [0, 0.05) is 17.5 Å². The molecule has 1 aromatic rings. The number of aliphatic hydroxyl groups is 1. The smallest absolute Gasteiger partial charge is 0.257 e. The molecule has 0 bridgehead atoms. The number of rotatable bonds is 11. The molecule has 0 aliphatic rings. The molecule has 0 spiro atoms. The molecular formula is C27H40N2O4. The van der Waals surface area contributed by atoms with Crippen molar-refractivity contribution in [2.75, 3.05) is 12.4 Å². The van der Waals surface area contributed by atoms with E-state index in [0.29, 0.717) is 34.7 Å². The van der Waals surface area contributed by atoms with Crippen LogP contribution in [-0.2, 0) is 11.2 Å². The van der Waals surface area contributed by atoms with Crippen molar-refractivity contribution in [2.24, 2.45) is 0 Å². The van der Waals surface area contributed by atoms with E-state index in [1.807, 2.05) is 20.8 Å². The molecule has 182 valence electrons. The Bertz CT molecular complexity index is 890. The number of ketones is 1. The molecule has 0 fully saturated rings. The van der Waals surface area contributed by atoms with Crippen LogP contribution in [0, 0.1) is 0 Å². The fourth-order valence-corrected chi connectivity index (χ4v) is 3.05. The summed E-state index contributed by atoms with van der Waals surface area (Å²) >= 11 is 0. The Morgan fingerprint density at radius 1 is 1.18 bits per heavy atom. The van der Waals surface area contributed by atoms with Crippen molar-refractivity contribution >= 4 is 17.4 Å². The van der Waals surface area contributed by atoms with Crippen LogP contribution in [0.1, 0.15) is 70.3 Å². The molecule has 3 N–H and O–H groups in total. The van der Waals surface area contributed by atoms with Crippen LogP contribution in [0.3, 0.4) is 0 Å². The summed E-state index contributed by atoms with van der Waals surface area (Å²) in [4.78, 5) is 24.5. The highest BCUT2D eigenvalue weighted by molar-refractivity contribution is 6.07. The van der Waals surface area contributed by atoms with Crippen molar-refractivity contribution in [3.05, 3.63) is 72.1 Å². The number of methoxy groups -OCH3 is 1. The van der Waals surface area contributed by atoms with Gasteiger partial charge in [0.15, 0.2) is 5.78 Å². The summed E-state index contributed by atoms with van der Waals surface area (Å²) in [6, 6.07) is 3.43. The Labute approximate surface area is 199 Å². The zero-order valence-electron chi connectivity index (χ0n) is 21.2. The lowest BCUT2D eigenvalue weighted by Crippen LogP contribution is -2.18. The SMILES string of the molecule is C=C/C=C\N/C(C)=C(\C=C)C(=O)Nc1cc(CC)c(C(C)=O)cc1OC.CCCC(C)(C)O. The quantitative estimate of drug-likeness (QED) is 0.226. The minimum Gasteiger partial charge on any atom is -0.495 e. The van der Waals surface area contributed by atoms with Crippen LogP contribution in [-0.4, -0.2) is 29.5 Å². The van der Waals surface area contributed by atoms with Gasteiger partial charge in [0.05, 0.1) is 24.0 Å². The van der Waals surface area contributed by atoms with E-state index in [9.17, 15) is 9.59 Å². The maximum Gasteiger partial charge on any atom is 0.257 e. The Balaban J connectivity index is 0.00000126. The van der Waals surface area contributed by atoms with E-state index >= 15 is 0 Å². The predicted octanol–water partition coefficient (Wildman–Crippen LogP) is 5.71. The highest BCUT2D eigenvalue weighted by atomic mass is 16.5. The number of anilines is 1. The van der Waals surface area contributed by atoms with Crippen molar-refractivity contribution in [3.63, 3.8) is 0 Å². The number of hydrogen-bond donors (Lipinski definition) is 3. The lowest BCUT2D eigenvalue weighted by atomic mass is 10.0. The van der Waals surface area contributed by atoms with E-state index in [1.54, 1.807) is 37.4 Å². The first-order chi connectivity index (χ1) is 15.4. The summed E-state index contributed by atoms with van der Waals surface area (Å²) < 4.78 is 5.34. The van der Waals surface area contributed by atoms with Crippen molar-refractivity contribution < 1.29 is 19.4 Å². The normalized spacial score (nSPS) is 11.6. The Morgan fingerprint density at radius 3 is 2.21 bits per heavy atom. The molecule has 1 rings (SSSR count). The van der Waals surface area contributed by atoms with E-state index < -0.39 is 5.60 Å². The number of carbonyl (C=O) groups is 2. The summed E-state index contributed by atoms with van der Waals surface area (Å²) in [5.41, 5.74) is 2.54. The lowest BCUT2D eigenvalue weighted by Gasteiger charge is -2.15. The van der Waals surface area contributed by atoms with Crippen LogP contribution < -0.4 is 15.4 Å². The third-order valence-corrected chi connectivity index (χ3v) is 4.68. The van der Waals surface area contributed by atoms with Crippen molar-refractivity contribution in [1.82, 2.24) is 5.32 Å². The predicted molar refractivity (Wildman–Crippen MR) is 138 cm³/mol. The van der Waals surface area contributed by atoms with E-state index in [4.69, 9.17) is 9.84 Å². The molecule has 1 amide bonds. The molecule has 0 radical (unpaired) electrons. The number of allylic oxidation sites excluding steroid dienone is 3. The minimum absolute atomic E-state index is 0.0428. The van der Waals surface area contributed by atoms with Gasteiger partial charge in [-0.2, -0.15) is 0 Å². The molecule has 0 aromatic heterocycles. The Hall–Kier alpha value is -3.12. The number of amides is 1. The maximum absolute atomic E-state index is 12.7. The van der Waals surface area contributed by atoms with Gasteiger partial charge < -0.3 is 20.5 Å². The molecular weight excluding hydrogens is 416 g/mol. The van der Waals surface area contributed by atoms with Crippen molar-refractivity contribution in [1.29, 1.82) is 0 Å². The molecule has 0 aliphatic carbocycles. The average molecular weight is 457 g/mol. The summed E-state index contributed by atoms with van der Waals surface area (Å²) in [5.74, 6) is 0.0630. The van der Waals surface area contributed by atoms with E-state index in [1.165, 1.54) is 20.1 Å². The Kier molecular flexibility index (Phi) is 13.4. The summed E-state index contributed by atoms with van der Waals surface area (Å²) in [6.07, 6.45) is 9.13. The largest absolute Gasteiger partial charge is 0.495 e. The standard InChI is InChI=1S/C21H26N2O3.C6H14O/c1-7-10-11-22-14(4)17(9-3)21(25)23-19-12-16(8-2)18(15(5)24)13-20(19)26-6;1-4-5-6(2,3)7/h7,9-13,22H,1,3,8H2,2,4-6H3,(H,23,25);7H,4-5H2,1-3H3/b11-10-,17-14+;. The van der Waals surface area contributed by atoms with Gasteiger partial charge in [-0.25, -0.2) is 0 Å². The first-order valence-corrected chi connectivity index (χ1v) is 11.1. The molecule has 6 nitrogen and oxygen atoms in total. The van der Waals surface area contributed by atoms with Crippen LogP contribution in [0.4, 0.5) is 5.69 Å². The summed E-state index contributed by atoms with van der Waals surface area (Å²) in [6.45, 7) is 18.3. The number of Topliss-reactive ketones (excluding diaryl/α,β-unsaturated/α-hetero) is 1. The van der Waals surface area contributed by atoms with Crippen LogP contribution >= 0.6 is 0 Å². The van der Waals surface area contributed by atoms with Gasteiger partial charge >= 0.3 is 0 Å². The second-order valence-corrected chi connectivity index (χ2v) is 8.12. The van der Waals surface area contributed by atoms with Gasteiger partial charge in [-0.15, -0.1) is 0 Å². The maximum atomic E-state index is 12.7. The van der Waals surface area contributed by atoms with Crippen LogP contribution in [0.5, 0.6) is 5.75 Å². The zero-order chi connectivity index (χ0) is 25.6. The van der Waals surface area contributed by atoms with Crippen LogP contribution in [0.2, 0.25) is 0 Å². The second-order valence-electron chi connectivity index (χ2n) is 8.12. The molecule has 0 saturated carbocycles. The number of hydrogen-bond acceptors (Lipinski definition) is 5. The van der Waals surface area contributed by atoms with Gasteiger partial charge in [0.25, 0.3) is 5.91 Å². The number of aryl methyl sites for hydroxylation is 1. The average Bonchev–Trinajstić information content (AvgIpc) is 2.73. The highest BCUT2D eigenvalue weighted by Gasteiger charge is 2.16. The first kappa shape index (κ1) is 29.9. The fourth-order valence-electron chi connectivity index (χ4n) is 3.05. The molecule has 0 saturated heterocycles. The highest BCUT2D eigenvalue weighted by Crippen LogP contribution is 2.30. The number of benzene rings is 1. The summed E-state index contributed by atoms with van der Waals surface area (Å²) in [7, 11) is 1.50. The molecule has 0 heterocycles. The molecule has 33 heavy (non-hydrogen) atoms. The van der Waals surface area contributed by atoms with Gasteiger partial charge in [-0.1, -0.05) is 45.6 Å². The topological polar surface area (TPSA) is 87.7 Å². The van der Waals surface area contributed by atoms with Gasteiger partial charge in [0.1, 0.15) is 5.75 Å². The van der Waals surface area contributed by atoms with Crippen LogP contribution in [0.15, 0.2) is 61.0 Å². The number of nitrogens with one attached hydrogen (secondary N) is 2. The van der Waals surface area contributed by atoms with Gasteiger partial charge in [0.2, 0.25) is 0 Å². The molecule has 1 aromatic carbocycles. The number of carbonyl (C=O) groups excluding carboxylic acids is 2. The van der Waals surface area contributed by atoms with Gasteiger partial charge in [-0.3, -0.25) is 9.59 Å². The lowest BCUT2D eigenvalue weighted by molar-refractivity contribution is -0.112. The van der Waals surface area contributed by atoms with Crippen molar-refractivity contribution in [3.8, 4) is 5.75 Å². The molecule has 0 aliphatic heterocycles. The monoisotopic (exact) mass is 456 g/mol. The first-order valence-electron chi connectivity index (χ1n) is 11.1. The van der Waals surface area contributed by atoms with E-state index in [0.717, 1.165) is 18.4 Å². The van der Waals surface area contributed by atoms with E-state index in [-0.39, 0.29) is 11.7 Å². The second kappa shape index (κ2) is 14.9. The molecule has 6 heteroatoms. The number of ether oxygens (including phenoxy) is 1. The third-order valence-electron chi connectivity index (χ3n) is 4.68. The van der Waals surface area contributed by atoms with Crippen LogP contribution in [0.25, 0.3) is 0 Å². The molecule has 0 unspecified atom stereocenters. The fraction of sp³-hybridized carbons (Fsp3) is 0.407. The Morgan fingerprint density at radius 2 is 1.82 bits per heavy atom. The molecule has 0 atom stereocenters.